The second-order valence-corrected chi connectivity index (χ2v) is 24.4. The van der Waals surface area contributed by atoms with Crippen molar-refractivity contribution < 1.29 is 103 Å². The highest BCUT2D eigenvalue weighted by Gasteiger charge is 2.55. The number of H-pyrrole nitrogens is 2. The quantitative estimate of drug-likeness (QED) is 0.0270. The van der Waals surface area contributed by atoms with Crippen LogP contribution in [0.3, 0.4) is 0 Å². The number of halogens is 1. The summed E-state index contributed by atoms with van der Waals surface area (Å²) in [7, 11) is -19.9. The zero-order chi connectivity index (χ0) is 56.7. The number of amides is 1. The van der Waals surface area contributed by atoms with Crippen LogP contribution in [-0.4, -0.2) is 177 Å². The molecular weight excluding hydrogens is 1140 g/mol. The third-order valence-corrected chi connectivity index (χ3v) is 18.6. The minimum absolute atomic E-state index is 0.0229. The number of rotatable bonds is 19. The number of phosphoric ester groups is 2. The minimum atomic E-state index is -6.31. The van der Waals surface area contributed by atoms with E-state index in [2.05, 4.69) is 48.5 Å². The van der Waals surface area contributed by atoms with Gasteiger partial charge in [0, 0.05) is 26.4 Å². The Balaban J connectivity index is 0.886. The van der Waals surface area contributed by atoms with Crippen LogP contribution in [0.4, 0.5) is 22.1 Å². The lowest BCUT2D eigenvalue weighted by Crippen LogP contribution is -2.45. The fourth-order valence-corrected chi connectivity index (χ4v) is 14.0. The van der Waals surface area contributed by atoms with Gasteiger partial charge in [-0.2, -0.15) is 13.6 Å². The van der Waals surface area contributed by atoms with Crippen molar-refractivity contribution in [2.45, 2.75) is 73.6 Å². The van der Waals surface area contributed by atoms with E-state index in [1.165, 1.54) is 36.6 Å². The number of aliphatic hydroxyl groups is 3. The molecule has 3 aliphatic heterocycles. The monoisotopic (exact) mass is 1190 g/mol. The number of nitrogens with two attached hydrogens (primary N) is 3. The molecule has 14 N–H and O–H groups in total. The third-order valence-electron chi connectivity index (χ3n) is 12.5. The summed E-state index contributed by atoms with van der Waals surface area (Å²) in [6.45, 7) is -3.76. The average molecular weight is 1190 g/mol. The number of carbonyl (C=O) groups is 1. The predicted octanol–water partition coefficient (Wildman–Crippen LogP) is -4.22. The van der Waals surface area contributed by atoms with E-state index in [-0.39, 0.29) is 51.2 Å². The summed E-state index contributed by atoms with van der Waals surface area (Å²) < 4.78 is 115. The Labute approximate surface area is 432 Å². The first kappa shape index (κ1) is 57.1. The van der Waals surface area contributed by atoms with E-state index in [9.17, 15) is 67.5 Å². The predicted molar refractivity (Wildman–Crippen MR) is 251 cm³/mol. The normalized spacial score (nSPS) is 29.7. The molecule has 0 saturated carbocycles. The SMILES string of the molecule is CN(C)C(=O)C[C@H]1[C@@H](O)[C@H]([n+]2cn(C)c3c(=O)[nH]c(N)nc32)O[C@@H]1COP(=O)(O)OP(=O)(O)OP(=O)(O)OC[C@H]1O[C@@H](n2cnc3c(N)ncnc32)[C@H](F)[C@@H]1P(=O)([O-])OC[C@H]1O[C@@H](n2cnc3c(=O)[nH]c(N)nc32)[C@H](O)[C@@H]1O. The number of ether oxygens (including phenoxy) is 3. The number of imidazole rings is 3. The summed E-state index contributed by atoms with van der Waals surface area (Å²) in [4.78, 5) is 113. The summed E-state index contributed by atoms with van der Waals surface area (Å²) >= 11 is 0. The van der Waals surface area contributed by atoms with Crippen LogP contribution < -0.4 is 37.8 Å². The van der Waals surface area contributed by atoms with Crippen molar-refractivity contribution in [3.8, 4) is 0 Å². The standard InChI is InChI=1S/C35H47FN16O22P4/c1-48(2)16(53)4-12-13(70-32(21(12)54)52-11-49(3)20-28(52)45-35(39)47-30(20)58)5-68-76(61,62)73-78(65,66)74-77(63,64)69-7-15-24(17(36)31(72-15)50-9-42-18-25(37)40-8-41-26(18)50)75(59,60)67-6-14-22(55)23(56)33(71-14)51-10-43-19-27(51)44-34(38)46-29(19)57/h8-15,17,21-24,31-33,54-56H,4-7H2,1-3H3,(H11-,37,38,39,40,41,44,45,46,47,57,58,59,60,61,62,63,64,65,66)/t12-,13-,14-,15-,17-,21-,22-,23-,24-,31-,32-,33-/m1/s1. The van der Waals surface area contributed by atoms with Crippen LogP contribution in [0.25, 0.3) is 33.5 Å². The van der Waals surface area contributed by atoms with Crippen molar-refractivity contribution in [3.63, 3.8) is 0 Å². The number of phosphoric acid groups is 3. The van der Waals surface area contributed by atoms with Gasteiger partial charge in [-0.05, 0) is 0 Å². The van der Waals surface area contributed by atoms with Gasteiger partial charge in [-0.1, -0.05) is 4.98 Å². The zero-order valence-corrected chi connectivity index (χ0v) is 43.7. The van der Waals surface area contributed by atoms with Gasteiger partial charge in [0.05, 0.1) is 57.4 Å². The van der Waals surface area contributed by atoms with E-state index in [1.54, 1.807) is 0 Å². The minimum Gasteiger partial charge on any atom is -0.778 e. The van der Waals surface area contributed by atoms with Crippen LogP contribution in [0, 0.1) is 5.92 Å². The van der Waals surface area contributed by atoms with E-state index in [1.807, 2.05) is 0 Å². The van der Waals surface area contributed by atoms with Gasteiger partial charge >= 0.3 is 29.1 Å². The molecule has 38 nitrogen and oxygen atoms in total. The molecule has 43 heteroatoms. The van der Waals surface area contributed by atoms with Crippen LogP contribution in [0.2, 0.25) is 0 Å². The van der Waals surface area contributed by atoms with E-state index in [0.717, 1.165) is 33.0 Å². The highest BCUT2D eigenvalue weighted by molar-refractivity contribution is 7.66. The van der Waals surface area contributed by atoms with Gasteiger partial charge in [-0.25, -0.2) is 42.6 Å². The maximum absolute atomic E-state index is 16.8. The molecule has 3 aliphatic rings. The first-order valence-corrected chi connectivity index (χ1v) is 28.5. The topological polar surface area (TPSA) is 547 Å². The summed E-state index contributed by atoms with van der Waals surface area (Å²) in [5.74, 6) is -2.70. The number of anilines is 3. The van der Waals surface area contributed by atoms with Crippen LogP contribution in [0.15, 0.2) is 34.9 Å². The number of aliphatic hydroxyl groups excluding tert-OH is 3. The van der Waals surface area contributed by atoms with Gasteiger partial charge in [-0.15, -0.1) is 0 Å². The molecule has 9 heterocycles. The Morgan fingerprint density at radius 1 is 0.782 bits per heavy atom. The number of alkyl halides is 1. The molecule has 0 aromatic carbocycles. The molecule has 0 aliphatic carbocycles. The fourth-order valence-electron chi connectivity index (χ4n) is 8.92. The van der Waals surface area contributed by atoms with Crippen LogP contribution in [0.1, 0.15) is 25.1 Å². The Kier molecular flexibility index (Phi) is 15.5. The van der Waals surface area contributed by atoms with Crippen molar-refractivity contribution in [1.82, 2.24) is 58.5 Å². The molecule has 78 heavy (non-hydrogen) atoms. The van der Waals surface area contributed by atoms with Gasteiger partial charge in [-0.3, -0.25) is 47.1 Å². The smallest absolute Gasteiger partial charge is 0.490 e. The number of carbonyl (C=O) groups excluding carboxylic acids is 1. The molecule has 6 aromatic rings. The molecular formula is C35H47FN16O22P4. The third kappa shape index (κ3) is 11.1. The number of aromatic nitrogens is 12. The highest BCUT2D eigenvalue weighted by atomic mass is 31.3. The van der Waals surface area contributed by atoms with Crippen LogP contribution >= 0.6 is 31.1 Å². The fraction of sp³-hybridized carbons (Fsp3) is 0.543. The molecule has 1 amide bonds. The number of fused-ring (bicyclic) bond motifs is 3. The molecule has 6 aromatic heterocycles. The van der Waals surface area contributed by atoms with E-state index >= 15 is 4.39 Å². The molecule has 0 bridgehead atoms. The molecule has 16 atom stereocenters. The van der Waals surface area contributed by atoms with Crippen molar-refractivity contribution in [3.05, 3.63) is 46.0 Å². The maximum atomic E-state index is 16.8. The number of nitrogens with zero attached hydrogens (tertiary/aromatic N) is 11. The molecule has 3 saturated heterocycles. The Morgan fingerprint density at radius 2 is 1.37 bits per heavy atom. The first-order chi connectivity index (χ1) is 36.5. The Bertz CT molecular complexity index is 3620. The van der Waals surface area contributed by atoms with Crippen molar-refractivity contribution in [1.29, 1.82) is 0 Å². The summed E-state index contributed by atoms with van der Waals surface area (Å²) in [6.07, 6.45) is -15.0. The molecule has 9 rings (SSSR count). The van der Waals surface area contributed by atoms with E-state index in [4.69, 9.17) is 45.0 Å². The second-order valence-electron chi connectivity index (χ2n) is 17.9. The lowest BCUT2D eigenvalue weighted by atomic mass is 9.94. The Morgan fingerprint density at radius 3 is 2.04 bits per heavy atom. The number of hydrogen-bond donors (Lipinski definition) is 11. The largest absolute Gasteiger partial charge is 0.778 e. The average Bonchev–Trinajstić information content (AvgIpc) is 4.30. The second kappa shape index (κ2) is 21.1. The zero-order valence-electron chi connectivity index (χ0n) is 40.1. The molecule has 4 unspecified atom stereocenters. The lowest BCUT2D eigenvalue weighted by molar-refractivity contribution is -0.745. The van der Waals surface area contributed by atoms with Crippen LogP contribution in [0.5, 0.6) is 0 Å². The molecule has 0 radical (unpaired) electrons. The lowest BCUT2D eigenvalue weighted by Gasteiger charge is -2.34. The summed E-state index contributed by atoms with van der Waals surface area (Å²) in [5.41, 5.74) is 12.4. The van der Waals surface area contributed by atoms with Gasteiger partial charge in [0.2, 0.25) is 23.6 Å². The van der Waals surface area contributed by atoms with Gasteiger partial charge in [0.25, 0.3) is 17.1 Å². The first-order valence-electron chi connectivity index (χ1n) is 22.4. The molecule has 3 fully saturated rings. The van der Waals surface area contributed by atoms with Gasteiger partial charge in [0.1, 0.15) is 43.9 Å². The van der Waals surface area contributed by atoms with Crippen molar-refractivity contribution >= 4 is 88.2 Å². The summed E-state index contributed by atoms with van der Waals surface area (Å²) in [6, 6.07) is 0. The van der Waals surface area contributed by atoms with Gasteiger partial charge < -0.3 is 80.3 Å². The van der Waals surface area contributed by atoms with E-state index < -0.39 is 147 Å². The van der Waals surface area contributed by atoms with Gasteiger partial charge in [0.15, 0.2) is 47.6 Å². The number of aromatic amines is 2. The van der Waals surface area contributed by atoms with Crippen molar-refractivity contribution in [2.75, 3.05) is 51.1 Å². The molecule has 0 spiro atoms. The van der Waals surface area contributed by atoms with Crippen molar-refractivity contribution in [2.24, 2.45) is 13.0 Å². The number of hydrogen-bond acceptors (Lipinski definition) is 28. The number of aryl methyl sites for hydroxylation is 1. The highest BCUT2D eigenvalue weighted by Crippen LogP contribution is 2.68. The summed E-state index contributed by atoms with van der Waals surface area (Å²) in [5, 5.41) is 33.2. The van der Waals surface area contributed by atoms with Crippen LogP contribution in [-0.2, 0) is 66.5 Å². The molecule has 426 valence electrons. The van der Waals surface area contributed by atoms with E-state index in [0.29, 0.717) is 0 Å². The number of nitrogens with one attached hydrogen (secondary N) is 2. The maximum Gasteiger partial charge on any atom is 0.490 e. The Hall–Kier alpha value is -5.63. The number of nitrogen functional groups attached to an aromatic ring is 3.